The second-order valence-corrected chi connectivity index (χ2v) is 6.69. The number of Topliss-reactive ketones (excluding diaryl/α,β-unsaturated/α-hetero) is 1. The lowest BCUT2D eigenvalue weighted by molar-refractivity contribution is 0.102. The van der Waals surface area contributed by atoms with Crippen molar-refractivity contribution in [1.29, 1.82) is 0 Å². The van der Waals surface area contributed by atoms with E-state index in [-0.39, 0.29) is 5.78 Å². The average molecular weight is 278 g/mol. The Bertz CT molecular complexity index is 612. The Morgan fingerprint density at radius 2 is 1.83 bits per heavy atom. The number of ketones is 1. The quantitative estimate of drug-likeness (QED) is 0.803. The van der Waals surface area contributed by atoms with Crippen LogP contribution in [0.5, 0.6) is 0 Å². The minimum absolute atomic E-state index is 0.0337. The molecule has 94 valence electrons. The first-order chi connectivity index (χ1) is 8.52. The normalized spacial score (nSPS) is 12.4. The molecule has 0 saturated heterocycles. The van der Waals surface area contributed by atoms with Gasteiger partial charge in [0.25, 0.3) is 0 Å². The molecule has 0 fully saturated rings. The molecule has 0 aliphatic carbocycles. The molecule has 1 heterocycles. The monoisotopic (exact) mass is 278 g/mol. The van der Waals surface area contributed by atoms with Crippen LogP contribution in [-0.2, 0) is 10.8 Å². The van der Waals surface area contributed by atoms with Gasteiger partial charge in [0, 0.05) is 11.8 Å². The van der Waals surface area contributed by atoms with E-state index in [0.29, 0.717) is 4.88 Å². The zero-order chi connectivity index (χ0) is 13.3. The van der Waals surface area contributed by atoms with Crippen LogP contribution in [0.4, 0.5) is 0 Å². The van der Waals surface area contributed by atoms with Crippen LogP contribution in [0.1, 0.15) is 22.2 Å². The number of rotatable bonds is 3. The molecule has 0 spiro atoms. The molecule has 1 unspecified atom stereocenters. The van der Waals surface area contributed by atoms with Crippen LogP contribution in [0.2, 0.25) is 0 Å². The molecule has 0 saturated carbocycles. The van der Waals surface area contributed by atoms with E-state index < -0.39 is 10.8 Å². The van der Waals surface area contributed by atoms with Gasteiger partial charge in [-0.2, -0.15) is 0 Å². The third kappa shape index (κ3) is 2.31. The zero-order valence-corrected chi connectivity index (χ0v) is 12.2. The fourth-order valence-corrected chi connectivity index (χ4v) is 4.20. The largest absolute Gasteiger partial charge is 0.294 e. The van der Waals surface area contributed by atoms with Gasteiger partial charge in [-0.3, -0.25) is 9.00 Å². The maximum absolute atomic E-state index is 11.8. The molecule has 2 nitrogen and oxygen atoms in total. The van der Waals surface area contributed by atoms with E-state index in [1.807, 2.05) is 37.3 Å². The van der Waals surface area contributed by atoms with Gasteiger partial charge in [0.15, 0.2) is 5.78 Å². The minimum Gasteiger partial charge on any atom is -0.294 e. The van der Waals surface area contributed by atoms with Gasteiger partial charge in [-0.05, 0) is 25.0 Å². The number of thiophene rings is 1. The van der Waals surface area contributed by atoms with Gasteiger partial charge in [-0.1, -0.05) is 30.3 Å². The lowest BCUT2D eigenvalue weighted by atomic mass is 10.0. The highest BCUT2D eigenvalue weighted by atomic mass is 32.2. The standard InChI is InChI=1S/C14H14O2S2/c1-9-12(11-7-5-4-6-8-11)14(18(3)16)17-13(9)10(2)15/h4-8H,1-3H3. The summed E-state index contributed by atoms with van der Waals surface area (Å²) in [6.07, 6.45) is 1.65. The summed E-state index contributed by atoms with van der Waals surface area (Å²) >= 11 is 1.35. The summed E-state index contributed by atoms with van der Waals surface area (Å²) < 4.78 is 12.6. The Morgan fingerprint density at radius 3 is 2.33 bits per heavy atom. The van der Waals surface area contributed by atoms with Crippen LogP contribution in [0, 0.1) is 6.92 Å². The summed E-state index contributed by atoms with van der Waals surface area (Å²) in [5, 5.41) is 0. The molecule has 18 heavy (non-hydrogen) atoms. The first kappa shape index (κ1) is 13.2. The van der Waals surface area contributed by atoms with Crippen molar-refractivity contribution in [2.75, 3.05) is 6.26 Å². The van der Waals surface area contributed by atoms with E-state index in [1.54, 1.807) is 13.2 Å². The highest BCUT2D eigenvalue weighted by Crippen LogP contribution is 2.38. The molecule has 1 aromatic heterocycles. The number of benzene rings is 1. The molecule has 0 aliphatic heterocycles. The number of hydrogen-bond donors (Lipinski definition) is 0. The number of hydrogen-bond acceptors (Lipinski definition) is 3. The predicted molar refractivity (Wildman–Crippen MR) is 76.8 cm³/mol. The molecular weight excluding hydrogens is 264 g/mol. The molecule has 1 atom stereocenters. The molecule has 0 radical (unpaired) electrons. The molecule has 0 aliphatic rings. The van der Waals surface area contributed by atoms with E-state index in [4.69, 9.17) is 0 Å². The van der Waals surface area contributed by atoms with Crippen molar-refractivity contribution in [2.24, 2.45) is 0 Å². The smallest absolute Gasteiger partial charge is 0.170 e. The van der Waals surface area contributed by atoms with Gasteiger partial charge < -0.3 is 0 Å². The first-order valence-electron chi connectivity index (χ1n) is 5.55. The zero-order valence-electron chi connectivity index (χ0n) is 10.5. The summed E-state index contributed by atoms with van der Waals surface area (Å²) in [4.78, 5) is 12.3. The topological polar surface area (TPSA) is 34.1 Å². The predicted octanol–water partition coefficient (Wildman–Crippen LogP) is 3.66. The van der Waals surface area contributed by atoms with Crippen molar-refractivity contribution in [1.82, 2.24) is 0 Å². The first-order valence-corrected chi connectivity index (χ1v) is 7.93. The van der Waals surface area contributed by atoms with Crippen LogP contribution in [0.3, 0.4) is 0 Å². The van der Waals surface area contributed by atoms with Crippen molar-refractivity contribution < 1.29 is 9.00 Å². The molecule has 4 heteroatoms. The van der Waals surface area contributed by atoms with E-state index in [9.17, 15) is 9.00 Å². The summed E-state index contributed by atoms with van der Waals surface area (Å²) in [7, 11) is -1.08. The SMILES string of the molecule is CC(=O)c1sc(S(C)=O)c(-c2ccccc2)c1C. The summed E-state index contributed by atoms with van der Waals surface area (Å²) in [6.45, 7) is 3.47. The molecular formula is C14H14O2S2. The third-order valence-electron chi connectivity index (χ3n) is 2.76. The van der Waals surface area contributed by atoms with E-state index in [1.165, 1.54) is 11.3 Å². The van der Waals surface area contributed by atoms with Crippen LogP contribution in [0.25, 0.3) is 11.1 Å². The van der Waals surface area contributed by atoms with Crippen molar-refractivity contribution >= 4 is 27.9 Å². The molecule has 0 amide bonds. The number of carbonyl (C=O) groups is 1. The maximum Gasteiger partial charge on any atom is 0.170 e. The maximum atomic E-state index is 11.8. The van der Waals surface area contributed by atoms with Gasteiger partial charge in [0.1, 0.15) is 0 Å². The van der Waals surface area contributed by atoms with Gasteiger partial charge in [-0.15, -0.1) is 11.3 Å². The molecule has 1 aromatic carbocycles. The van der Waals surface area contributed by atoms with Gasteiger partial charge in [-0.25, -0.2) is 0 Å². The molecule has 2 aromatic rings. The fourth-order valence-electron chi connectivity index (χ4n) is 1.96. The van der Waals surface area contributed by atoms with Crippen molar-refractivity contribution in [3.8, 4) is 11.1 Å². The fraction of sp³-hybridized carbons (Fsp3) is 0.214. The molecule has 2 rings (SSSR count). The summed E-state index contributed by atoms with van der Waals surface area (Å²) in [5.74, 6) is 0.0337. The van der Waals surface area contributed by atoms with Gasteiger partial charge in [0.2, 0.25) is 0 Å². The van der Waals surface area contributed by atoms with Crippen LogP contribution in [0.15, 0.2) is 34.5 Å². The third-order valence-corrected chi connectivity index (χ3v) is 5.63. The Hall–Kier alpha value is -1.26. The summed E-state index contributed by atoms with van der Waals surface area (Å²) in [6, 6.07) is 9.80. The van der Waals surface area contributed by atoms with Crippen molar-refractivity contribution in [3.05, 3.63) is 40.8 Å². The lowest BCUT2D eigenvalue weighted by Gasteiger charge is -2.03. The lowest BCUT2D eigenvalue weighted by Crippen LogP contribution is -1.91. The second-order valence-electron chi connectivity index (χ2n) is 4.09. The van der Waals surface area contributed by atoms with Crippen LogP contribution < -0.4 is 0 Å². The highest BCUT2D eigenvalue weighted by molar-refractivity contribution is 7.86. The molecule has 0 N–H and O–H groups in total. The van der Waals surface area contributed by atoms with Crippen molar-refractivity contribution in [3.63, 3.8) is 0 Å². The second kappa shape index (κ2) is 5.16. The molecule has 0 bridgehead atoms. The Balaban J connectivity index is 2.73. The van der Waals surface area contributed by atoms with Gasteiger partial charge in [0.05, 0.1) is 19.9 Å². The van der Waals surface area contributed by atoms with Crippen molar-refractivity contribution in [2.45, 2.75) is 18.1 Å². The van der Waals surface area contributed by atoms with E-state index in [0.717, 1.165) is 20.9 Å². The number of carbonyl (C=O) groups excluding carboxylic acids is 1. The van der Waals surface area contributed by atoms with Gasteiger partial charge >= 0.3 is 0 Å². The van der Waals surface area contributed by atoms with Crippen LogP contribution >= 0.6 is 11.3 Å². The average Bonchev–Trinajstić information content (AvgIpc) is 2.68. The summed E-state index contributed by atoms with van der Waals surface area (Å²) in [5.41, 5.74) is 2.90. The van der Waals surface area contributed by atoms with E-state index in [2.05, 4.69) is 0 Å². The van der Waals surface area contributed by atoms with Crippen LogP contribution in [-0.4, -0.2) is 16.2 Å². The Kier molecular flexibility index (Phi) is 3.78. The Morgan fingerprint density at radius 1 is 1.22 bits per heavy atom. The highest BCUT2D eigenvalue weighted by Gasteiger charge is 2.20. The van der Waals surface area contributed by atoms with E-state index >= 15 is 0 Å². The Labute approximate surface area is 113 Å². The minimum atomic E-state index is -1.08.